The topological polar surface area (TPSA) is 83.6 Å². The van der Waals surface area contributed by atoms with Crippen molar-refractivity contribution in [3.63, 3.8) is 0 Å². The van der Waals surface area contributed by atoms with Gasteiger partial charge in [0.1, 0.15) is 0 Å². The molecule has 160 valence electrons. The van der Waals surface area contributed by atoms with Crippen LogP contribution in [0.15, 0.2) is 53.4 Å². The third kappa shape index (κ3) is 5.55. The Morgan fingerprint density at radius 1 is 0.967 bits per heavy atom. The van der Waals surface area contributed by atoms with Crippen LogP contribution in [-0.2, 0) is 10.0 Å². The molecular weight excluding hydrogens is 400 g/mol. The number of nitrogens with one attached hydrogen (secondary N) is 1. The molecule has 0 atom stereocenters. The maximum Gasteiger partial charge on any atom is 0.253 e. The minimum Gasteiger partial charge on any atom is -0.339 e. The predicted molar refractivity (Wildman–Crippen MR) is 116 cm³/mol. The molecule has 0 spiro atoms. The number of ketones is 1. The zero-order valence-electron chi connectivity index (χ0n) is 17.4. The summed E-state index contributed by atoms with van der Waals surface area (Å²) in [7, 11) is -3.59. The lowest BCUT2D eigenvalue weighted by molar-refractivity contribution is 0.0687. The maximum atomic E-state index is 12.6. The van der Waals surface area contributed by atoms with Crippen LogP contribution in [0.25, 0.3) is 0 Å². The van der Waals surface area contributed by atoms with E-state index >= 15 is 0 Å². The van der Waals surface area contributed by atoms with Crippen LogP contribution in [0.3, 0.4) is 0 Å². The number of rotatable bonds is 7. The van der Waals surface area contributed by atoms with Crippen molar-refractivity contribution in [2.75, 3.05) is 19.6 Å². The normalized spacial score (nSPS) is 15.2. The largest absolute Gasteiger partial charge is 0.339 e. The highest BCUT2D eigenvalue weighted by Gasteiger charge is 2.24. The summed E-state index contributed by atoms with van der Waals surface area (Å²) in [5.74, 6) is 0.345. The van der Waals surface area contributed by atoms with E-state index in [0.29, 0.717) is 36.7 Å². The standard InChI is InChI=1S/C23H28N2O4S/c1-17-3-5-21(6-4-17)23(27)25-15-12-19(13-16-25)11-14-24-30(28,29)22-9-7-20(8-10-22)18(2)26/h3-10,19,24H,11-16H2,1-2H3. The molecular formula is C23H28N2O4S. The fourth-order valence-electron chi connectivity index (χ4n) is 3.65. The fraction of sp³-hybridized carbons (Fsp3) is 0.391. The van der Waals surface area contributed by atoms with Gasteiger partial charge in [-0.3, -0.25) is 9.59 Å². The van der Waals surface area contributed by atoms with E-state index in [9.17, 15) is 18.0 Å². The Hall–Kier alpha value is -2.51. The van der Waals surface area contributed by atoms with Crippen molar-refractivity contribution < 1.29 is 18.0 Å². The third-order valence-corrected chi connectivity index (χ3v) is 7.09. The van der Waals surface area contributed by atoms with Crippen molar-refractivity contribution in [3.05, 3.63) is 65.2 Å². The SMILES string of the molecule is CC(=O)c1ccc(S(=O)(=O)NCCC2CCN(C(=O)c3ccc(C)cc3)CC2)cc1. The highest BCUT2D eigenvalue weighted by Crippen LogP contribution is 2.22. The van der Waals surface area contributed by atoms with Crippen LogP contribution in [-0.4, -0.2) is 44.6 Å². The Balaban J connectivity index is 1.45. The molecule has 1 heterocycles. The third-order valence-electron chi connectivity index (χ3n) is 5.62. The average molecular weight is 429 g/mol. The number of benzene rings is 2. The van der Waals surface area contributed by atoms with Gasteiger partial charge in [-0.25, -0.2) is 13.1 Å². The number of carbonyl (C=O) groups excluding carboxylic acids is 2. The van der Waals surface area contributed by atoms with Crippen molar-refractivity contribution in [1.29, 1.82) is 0 Å². The van der Waals surface area contributed by atoms with Crippen LogP contribution in [0, 0.1) is 12.8 Å². The van der Waals surface area contributed by atoms with E-state index < -0.39 is 10.0 Å². The molecule has 3 rings (SSSR count). The van der Waals surface area contributed by atoms with E-state index in [1.807, 2.05) is 36.1 Å². The second-order valence-electron chi connectivity index (χ2n) is 7.87. The Morgan fingerprint density at radius 2 is 1.53 bits per heavy atom. The van der Waals surface area contributed by atoms with E-state index in [-0.39, 0.29) is 16.6 Å². The molecule has 0 bridgehead atoms. The lowest BCUT2D eigenvalue weighted by atomic mass is 9.93. The number of carbonyl (C=O) groups is 2. The summed E-state index contributed by atoms with van der Waals surface area (Å²) in [5.41, 5.74) is 2.33. The Labute approximate surface area is 178 Å². The second-order valence-corrected chi connectivity index (χ2v) is 9.64. The molecule has 0 unspecified atom stereocenters. The van der Waals surface area contributed by atoms with Crippen LogP contribution < -0.4 is 4.72 Å². The maximum absolute atomic E-state index is 12.6. The number of amides is 1. The van der Waals surface area contributed by atoms with Gasteiger partial charge in [-0.1, -0.05) is 29.8 Å². The van der Waals surface area contributed by atoms with Gasteiger partial charge in [0, 0.05) is 30.8 Å². The second kappa shape index (κ2) is 9.53. The predicted octanol–water partition coefficient (Wildman–Crippen LogP) is 3.42. The quantitative estimate of drug-likeness (QED) is 0.685. The molecule has 0 aromatic heterocycles. The van der Waals surface area contributed by atoms with Gasteiger partial charge in [0.25, 0.3) is 5.91 Å². The smallest absolute Gasteiger partial charge is 0.253 e. The molecule has 1 aliphatic heterocycles. The highest BCUT2D eigenvalue weighted by atomic mass is 32.2. The molecule has 1 amide bonds. The van der Waals surface area contributed by atoms with Gasteiger partial charge in [0.15, 0.2) is 5.78 Å². The molecule has 1 aliphatic rings. The van der Waals surface area contributed by atoms with Crippen molar-refractivity contribution >= 4 is 21.7 Å². The van der Waals surface area contributed by atoms with E-state index in [4.69, 9.17) is 0 Å². The number of nitrogens with zero attached hydrogens (tertiary/aromatic N) is 1. The zero-order valence-corrected chi connectivity index (χ0v) is 18.2. The molecule has 1 fully saturated rings. The molecule has 1 N–H and O–H groups in total. The number of likely N-dealkylation sites (tertiary alicyclic amines) is 1. The van der Waals surface area contributed by atoms with Gasteiger partial charge < -0.3 is 4.90 Å². The molecule has 2 aromatic rings. The Bertz CT molecular complexity index is 991. The summed E-state index contributed by atoms with van der Waals surface area (Å²) >= 11 is 0. The fourth-order valence-corrected chi connectivity index (χ4v) is 4.70. The first-order chi connectivity index (χ1) is 14.3. The van der Waals surface area contributed by atoms with Gasteiger partial charge in [0.05, 0.1) is 4.90 Å². The van der Waals surface area contributed by atoms with Gasteiger partial charge in [-0.2, -0.15) is 0 Å². The van der Waals surface area contributed by atoms with E-state index in [2.05, 4.69) is 4.72 Å². The van der Waals surface area contributed by atoms with Crippen LogP contribution in [0.1, 0.15) is 52.5 Å². The van der Waals surface area contributed by atoms with Crippen molar-refractivity contribution in [1.82, 2.24) is 9.62 Å². The summed E-state index contributed by atoms with van der Waals surface area (Å²) in [6.07, 6.45) is 2.47. The number of Topliss-reactive ketones (excluding diaryl/α,β-unsaturated/α-hetero) is 1. The van der Waals surface area contributed by atoms with E-state index in [1.54, 1.807) is 0 Å². The van der Waals surface area contributed by atoms with Crippen LogP contribution >= 0.6 is 0 Å². The van der Waals surface area contributed by atoms with Crippen molar-refractivity contribution in [2.45, 2.75) is 38.0 Å². The van der Waals surface area contributed by atoms with Crippen molar-refractivity contribution in [2.24, 2.45) is 5.92 Å². The molecule has 30 heavy (non-hydrogen) atoms. The molecule has 7 heteroatoms. The lowest BCUT2D eigenvalue weighted by Crippen LogP contribution is -2.39. The molecule has 1 saturated heterocycles. The lowest BCUT2D eigenvalue weighted by Gasteiger charge is -2.32. The van der Waals surface area contributed by atoms with Gasteiger partial charge in [0.2, 0.25) is 10.0 Å². The first-order valence-electron chi connectivity index (χ1n) is 10.2. The number of hydrogen-bond donors (Lipinski definition) is 1. The highest BCUT2D eigenvalue weighted by molar-refractivity contribution is 7.89. The molecule has 6 nitrogen and oxygen atoms in total. The Kier molecular flexibility index (Phi) is 7.05. The van der Waals surface area contributed by atoms with Crippen LogP contribution in [0.5, 0.6) is 0 Å². The first-order valence-corrected chi connectivity index (χ1v) is 11.7. The van der Waals surface area contributed by atoms with Gasteiger partial charge in [-0.15, -0.1) is 0 Å². The molecule has 0 saturated carbocycles. The Morgan fingerprint density at radius 3 is 2.10 bits per heavy atom. The number of piperidine rings is 1. The molecule has 2 aromatic carbocycles. The number of sulfonamides is 1. The summed E-state index contributed by atoms with van der Waals surface area (Å²) in [5, 5.41) is 0. The summed E-state index contributed by atoms with van der Waals surface area (Å²) in [4.78, 5) is 26.0. The zero-order chi connectivity index (χ0) is 21.7. The number of hydrogen-bond acceptors (Lipinski definition) is 4. The van der Waals surface area contributed by atoms with Crippen LogP contribution in [0.2, 0.25) is 0 Å². The average Bonchev–Trinajstić information content (AvgIpc) is 2.74. The number of aryl methyl sites for hydroxylation is 1. The monoisotopic (exact) mass is 428 g/mol. The summed E-state index contributed by atoms with van der Waals surface area (Å²) in [6, 6.07) is 13.6. The minimum absolute atomic E-state index is 0.0585. The van der Waals surface area contributed by atoms with Crippen LogP contribution in [0.4, 0.5) is 0 Å². The molecule has 0 aliphatic carbocycles. The summed E-state index contributed by atoms with van der Waals surface area (Å²) < 4.78 is 27.5. The summed E-state index contributed by atoms with van der Waals surface area (Å²) in [6.45, 7) is 5.18. The van der Waals surface area contributed by atoms with E-state index in [0.717, 1.165) is 24.8 Å². The van der Waals surface area contributed by atoms with Gasteiger partial charge >= 0.3 is 0 Å². The van der Waals surface area contributed by atoms with Crippen molar-refractivity contribution in [3.8, 4) is 0 Å². The van der Waals surface area contributed by atoms with E-state index in [1.165, 1.54) is 31.2 Å². The molecule has 0 radical (unpaired) electrons. The minimum atomic E-state index is -3.59. The van der Waals surface area contributed by atoms with Gasteiger partial charge in [-0.05, 0) is 63.3 Å². The first kappa shape index (κ1) is 22.2.